The summed E-state index contributed by atoms with van der Waals surface area (Å²) in [4.78, 5) is 21.8. The van der Waals surface area contributed by atoms with Gasteiger partial charge in [-0.15, -0.1) is 0 Å². The van der Waals surface area contributed by atoms with Crippen LogP contribution in [0.5, 0.6) is 0 Å². The van der Waals surface area contributed by atoms with Crippen LogP contribution in [0.4, 0.5) is 4.39 Å². The molecular formula is C25H30FN5O2. The topological polar surface area (TPSA) is 74.5 Å². The molecular weight excluding hydrogens is 421 g/mol. The quantitative estimate of drug-likeness (QED) is 0.567. The van der Waals surface area contributed by atoms with E-state index in [1.807, 2.05) is 30.3 Å². The van der Waals surface area contributed by atoms with Crippen molar-refractivity contribution in [1.82, 2.24) is 25.3 Å². The fraction of sp³-hybridized carbons (Fsp3) is 0.400. The highest BCUT2D eigenvalue weighted by molar-refractivity contribution is 5.76. The summed E-state index contributed by atoms with van der Waals surface area (Å²) in [7, 11) is 2.13. The van der Waals surface area contributed by atoms with Gasteiger partial charge in [-0.3, -0.25) is 9.69 Å². The second-order valence-electron chi connectivity index (χ2n) is 8.61. The molecule has 8 heteroatoms. The van der Waals surface area contributed by atoms with Gasteiger partial charge in [-0.1, -0.05) is 47.6 Å². The Kier molecular flexibility index (Phi) is 7.47. The highest BCUT2D eigenvalue weighted by Gasteiger charge is 2.21. The van der Waals surface area contributed by atoms with Gasteiger partial charge in [0.15, 0.2) is 0 Å². The number of hydrogen-bond acceptors (Lipinski definition) is 6. The van der Waals surface area contributed by atoms with Crippen LogP contribution in [0.3, 0.4) is 0 Å². The Bertz CT molecular complexity index is 1060. The van der Waals surface area contributed by atoms with Crippen molar-refractivity contribution in [2.24, 2.45) is 0 Å². The highest BCUT2D eigenvalue weighted by Crippen LogP contribution is 2.20. The molecule has 0 spiro atoms. The van der Waals surface area contributed by atoms with Gasteiger partial charge in [-0.2, -0.15) is 4.98 Å². The molecule has 1 aromatic heterocycles. The summed E-state index contributed by atoms with van der Waals surface area (Å²) in [5, 5.41) is 7.11. The number of nitrogens with one attached hydrogen (secondary N) is 1. The molecule has 4 rings (SSSR count). The minimum Gasteiger partial charge on any atom is -0.348 e. The van der Waals surface area contributed by atoms with Crippen LogP contribution in [-0.4, -0.2) is 65.6 Å². The lowest BCUT2D eigenvalue weighted by Crippen LogP contribution is -2.47. The molecule has 2 aromatic carbocycles. The van der Waals surface area contributed by atoms with E-state index >= 15 is 0 Å². The third kappa shape index (κ3) is 6.24. The van der Waals surface area contributed by atoms with Crippen molar-refractivity contribution >= 4 is 5.91 Å². The van der Waals surface area contributed by atoms with Gasteiger partial charge >= 0.3 is 0 Å². The van der Waals surface area contributed by atoms with E-state index in [4.69, 9.17) is 4.52 Å². The highest BCUT2D eigenvalue weighted by atomic mass is 19.1. The van der Waals surface area contributed by atoms with E-state index in [9.17, 15) is 9.18 Å². The van der Waals surface area contributed by atoms with E-state index in [1.165, 1.54) is 6.07 Å². The molecule has 174 valence electrons. The van der Waals surface area contributed by atoms with Crippen LogP contribution in [-0.2, 0) is 11.2 Å². The number of carbonyl (C=O) groups excluding carboxylic acids is 1. The Hall–Kier alpha value is -3.10. The number of halogens is 1. The number of carbonyl (C=O) groups is 1. The zero-order valence-electron chi connectivity index (χ0n) is 19.1. The van der Waals surface area contributed by atoms with E-state index in [-0.39, 0.29) is 24.2 Å². The van der Waals surface area contributed by atoms with E-state index in [0.29, 0.717) is 29.3 Å². The maximum atomic E-state index is 13.8. The van der Waals surface area contributed by atoms with Gasteiger partial charge in [0, 0.05) is 51.1 Å². The van der Waals surface area contributed by atoms with Crippen LogP contribution in [0.2, 0.25) is 0 Å². The number of likely N-dealkylation sites (N-methyl/N-ethyl adjacent to an activating group) is 1. The SMILES string of the molecule is Cc1ccc(-c2noc(CCC(=O)NC(CN3CCN(C)CC3)c3ccccc3)n2)cc1F. The largest absolute Gasteiger partial charge is 0.348 e. The monoisotopic (exact) mass is 451 g/mol. The normalized spacial score (nSPS) is 16.0. The number of aryl methyl sites for hydroxylation is 2. The van der Waals surface area contributed by atoms with Crippen LogP contribution in [0, 0.1) is 12.7 Å². The van der Waals surface area contributed by atoms with Crippen molar-refractivity contribution in [3.8, 4) is 11.4 Å². The van der Waals surface area contributed by atoms with Gasteiger partial charge in [0.25, 0.3) is 0 Å². The maximum absolute atomic E-state index is 13.8. The third-order valence-electron chi connectivity index (χ3n) is 6.04. The third-order valence-corrected chi connectivity index (χ3v) is 6.04. The molecule has 3 aromatic rings. The van der Waals surface area contributed by atoms with Crippen LogP contribution >= 0.6 is 0 Å². The predicted molar refractivity (Wildman–Crippen MR) is 124 cm³/mol. The smallest absolute Gasteiger partial charge is 0.227 e. The summed E-state index contributed by atoms with van der Waals surface area (Å²) in [5.74, 6) is 0.294. The molecule has 7 nitrogen and oxygen atoms in total. The first-order valence-corrected chi connectivity index (χ1v) is 11.3. The summed E-state index contributed by atoms with van der Waals surface area (Å²) in [6, 6.07) is 14.8. The molecule has 0 saturated carbocycles. The standard InChI is InChI=1S/C25H30FN5O2/c1-18-8-9-20(16-21(18)26)25-28-24(33-29-25)11-10-23(32)27-22(19-6-4-3-5-7-19)17-31-14-12-30(2)13-15-31/h3-9,16,22H,10-15,17H2,1-2H3,(H,27,32). The number of amides is 1. The summed E-state index contributed by atoms with van der Waals surface area (Å²) in [6.45, 7) is 6.50. The maximum Gasteiger partial charge on any atom is 0.227 e. The van der Waals surface area contributed by atoms with Crippen LogP contribution in [0.25, 0.3) is 11.4 Å². The molecule has 0 aliphatic carbocycles. The van der Waals surface area contributed by atoms with Crippen molar-refractivity contribution in [1.29, 1.82) is 0 Å². The van der Waals surface area contributed by atoms with Crippen LogP contribution in [0.1, 0.15) is 29.5 Å². The van der Waals surface area contributed by atoms with E-state index in [0.717, 1.165) is 38.3 Å². The predicted octanol–water partition coefficient (Wildman–Crippen LogP) is 3.22. The van der Waals surface area contributed by atoms with Crippen LogP contribution < -0.4 is 5.32 Å². The van der Waals surface area contributed by atoms with Crippen molar-refractivity contribution in [3.05, 3.63) is 71.4 Å². The Labute approximate surface area is 193 Å². The van der Waals surface area contributed by atoms with Crippen molar-refractivity contribution in [3.63, 3.8) is 0 Å². The zero-order valence-corrected chi connectivity index (χ0v) is 19.1. The molecule has 1 aliphatic rings. The van der Waals surface area contributed by atoms with E-state index < -0.39 is 0 Å². The van der Waals surface area contributed by atoms with Gasteiger partial charge in [0.05, 0.1) is 6.04 Å². The van der Waals surface area contributed by atoms with Crippen molar-refractivity contribution in [2.45, 2.75) is 25.8 Å². The molecule has 1 N–H and O–H groups in total. The Balaban J connectivity index is 1.35. The van der Waals surface area contributed by atoms with E-state index in [1.54, 1.807) is 19.1 Å². The zero-order chi connectivity index (χ0) is 23.2. The Morgan fingerprint density at radius 3 is 2.64 bits per heavy atom. The molecule has 1 amide bonds. The molecule has 33 heavy (non-hydrogen) atoms. The lowest BCUT2D eigenvalue weighted by molar-refractivity contribution is -0.122. The fourth-order valence-electron chi connectivity index (χ4n) is 3.90. The van der Waals surface area contributed by atoms with Gasteiger partial charge in [0.1, 0.15) is 5.82 Å². The number of aromatic nitrogens is 2. The van der Waals surface area contributed by atoms with Gasteiger partial charge in [0.2, 0.25) is 17.6 Å². The number of nitrogens with zero attached hydrogens (tertiary/aromatic N) is 4. The molecule has 1 saturated heterocycles. The van der Waals surface area contributed by atoms with E-state index in [2.05, 4.69) is 32.3 Å². The number of piperazine rings is 1. The first kappa shape index (κ1) is 23.1. The molecule has 1 atom stereocenters. The average Bonchev–Trinajstić information content (AvgIpc) is 3.30. The minimum absolute atomic E-state index is 0.0703. The molecule has 0 radical (unpaired) electrons. The summed E-state index contributed by atoms with van der Waals surface area (Å²) in [5.41, 5.74) is 2.20. The first-order chi connectivity index (χ1) is 16.0. The molecule has 1 unspecified atom stereocenters. The lowest BCUT2D eigenvalue weighted by Gasteiger charge is -2.35. The summed E-state index contributed by atoms with van der Waals surface area (Å²) >= 11 is 0. The molecule has 1 aliphatic heterocycles. The second kappa shape index (κ2) is 10.7. The number of benzene rings is 2. The summed E-state index contributed by atoms with van der Waals surface area (Å²) in [6.07, 6.45) is 0.555. The Morgan fingerprint density at radius 1 is 1.15 bits per heavy atom. The van der Waals surface area contributed by atoms with Crippen molar-refractivity contribution in [2.75, 3.05) is 39.8 Å². The summed E-state index contributed by atoms with van der Waals surface area (Å²) < 4.78 is 19.1. The lowest BCUT2D eigenvalue weighted by atomic mass is 10.1. The Morgan fingerprint density at radius 2 is 1.91 bits per heavy atom. The number of rotatable bonds is 8. The van der Waals surface area contributed by atoms with Crippen molar-refractivity contribution < 1.29 is 13.7 Å². The second-order valence-corrected chi connectivity index (χ2v) is 8.61. The van der Waals surface area contributed by atoms with Gasteiger partial charge in [-0.05, 0) is 31.2 Å². The first-order valence-electron chi connectivity index (χ1n) is 11.3. The molecule has 1 fully saturated rings. The molecule has 2 heterocycles. The van der Waals surface area contributed by atoms with Gasteiger partial charge < -0.3 is 14.7 Å². The van der Waals surface area contributed by atoms with Gasteiger partial charge in [-0.25, -0.2) is 4.39 Å². The fourth-order valence-corrected chi connectivity index (χ4v) is 3.90. The number of hydrogen-bond donors (Lipinski definition) is 1. The molecule has 0 bridgehead atoms. The minimum atomic E-state index is -0.314. The average molecular weight is 452 g/mol. The van der Waals surface area contributed by atoms with Crippen LogP contribution in [0.15, 0.2) is 53.1 Å².